The highest BCUT2D eigenvalue weighted by molar-refractivity contribution is 8.13. The summed E-state index contributed by atoms with van der Waals surface area (Å²) in [6.07, 6.45) is -0.487. The molecule has 21 heavy (non-hydrogen) atoms. The number of rotatable bonds is 3. The van der Waals surface area contributed by atoms with E-state index in [1.54, 1.807) is 24.3 Å². The van der Waals surface area contributed by atoms with E-state index < -0.39 is 15.2 Å². The van der Waals surface area contributed by atoms with Gasteiger partial charge in [-0.2, -0.15) is 0 Å². The summed E-state index contributed by atoms with van der Waals surface area (Å²) in [7, 11) is 1.41. The summed E-state index contributed by atoms with van der Waals surface area (Å²) in [5, 5.41) is 7.29. The lowest BCUT2D eigenvalue weighted by Gasteiger charge is -2.22. The number of para-hydroxylation sites is 1. The number of ether oxygens (including phenoxy) is 2. The lowest BCUT2D eigenvalue weighted by atomic mass is 10.3. The fourth-order valence-electron chi connectivity index (χ4n) is 2.10. The summed E-state index contributed by atoms with van der Waals surface area (Å²) < 4.78 is 35.7. The molecule has 1 aliphatic rings. The largest absolute Gasteiger partial charge is 0.376 e. The van der Waals surface area contributed by atoms with Gasteiger partial charge in [-0.05, 0) is 12.1 Å². The van der Waals surface area contributed by atoms with Crippen molar-refractivity contribution in [1.29, 1.82) is 0 Å². The lowest BCUT2D eigenvalue weighted by Crippen LogP contribution is -2.25. The Morgan fingerprint density at radius 1 is 1.19 bits per heavy atom. The minimum absolute atomic E-state index is 0.285. The van der Waals surface area contributed by atoms with Crippen molar-refractivity contribution in [2.75, 3.05) is 19.8 Å². The minimum Gasteiger partial charge on any atom is -0.376 e. The van der Waals surface area contributed by atoms with Crippen LogP contribution in [0.5, 0.6) is 0 Å². The maximum absolute atomic E-state index is 11.7. The highest BCUT2D eigenvalue weighted by Gasteiger charge is 2.29. The monoisotopic (exact) mass is 329 g/mol. The Morgan fingerprint density at radius 3 is 2.57 bits per heavy atom. The molecule has 0 N–H and O–H groups in total. The van der Waals surface area contributed by atoms with Crippen LogP contribution in [0.1, 0.15) is 11.9 Å². The first-order chi connectivity index (χ1) is 10.1. The van der Waals surface area contributed by atoms with Gasteiger partial charge in [0.15, 0.2) is 5.82 Å². The summed E-state index contributed by atoms with van der Waals surface area (Å²) in [5.74, 6) is 0.347. The normalized spacial score (nSPS) is 19.6. The maximum atomic E-state index is 11.7. The third-order valence-corrected chi connectivity index (χ3v) is 4.11. The molecule has 0 spiro atoms. The molecular weight excluding hydrogens is 318 g/mol. The van der Waals surface area contributed by atoms with Gasteiger partial charge in [0.1, 0.15) is 6.10 Å². The van der Waals surface area contributed by atoms with Gasteiger partial charge >= 0.3 is 0 Å². The molecule has 0 saturated carbocycles. The molecule has 1 aromatic heterocycles. The van der Waals surface area contributed by atoms with Gasteiger partial charge in [0.05, 0.1) is 19.8 Å². The molecule has 1 saturated heterocycles. The molecular formula is C12H12ClN3O4S. The summed E-state index contributed by atoms with van der Waals surface area (Å²) in [4.78, 5) is 0. The molecule has 1 aliphatic heterocycles. The van der Waals surface area contributed by atoms with Crippen molar-refractivity contribution in [3.8, 4) is 5.69 Å². The Kier molecular flexibility index (Phi) is 3.94. The van der Waals surface area contributed by atoms with Crippen LogP contribution in [0.3, 0.4) is 0 Å². The highest BCUT2D eigenvalue weighted by Crippen LogP contribution is 2.26. The third kappa shape index (κ3) is 2.93. The third-order valence-electron chi connectivity index (χ3n) is 2.99. The topological polar surface area (TPSA) is 83.3 Å². The second-order valence-electron chi connectivity index (χ2n) is 4.38. The van der Waals surface area contributed by atoms with Gasteiger partial charge < -0.3 is 9.47 Å². The summed E-state index contributed by atoms with van der Waals surface area (Å²) >= 11 is 0. The van der Waals surface area contributed by atoms with Crippen molar-refractivity contribution in [2.45, 2.75) is 11.3 Å². The summed E-state index contributed by atoms with van der Waals surface area (Å²) in [6.45, 7) is 1.19. The molecule has 0 bridgehead atoms. The van der Waals surface area contributed by atoms with Crippen molar-refractivity contribution >= 4 is 19.7 Å². The zero-order chi connectivity index (χ0) is 14.9. The number of benzene rings is 1. The van der Waals surface area contributed by atoms with E-state index in [-0.39, 0.29) is 11.8 Å². The Bertz CT molecular complexity index is 726. The van der Waals surface area contributed by atoms with E-state index in [2.05, 4.69) is 10.2 Å². The zero-order valence-electron chi connectivity index (χ0n) is 10.8. The van der Waals surface area contributed by atoms with Crippen LogP contribution in [-0.2, 0) is 18.5 Å². The van der Waals surface area contributed by atoms with Crippen LogP contribution in [-0.4, -0.2) is 43.0 Å². The average Bonchev–Trinajstić information content (AvgIpc) is 2.94. The van der Waals surface area contributed by atoms with Crippen LogP contribution >= 0.6 is 10.7 Å². The van der Waals surface area contributed by atoms with Gasteiger partial charge in [0.25, 0.3) is 14.2 Å². The molecule has 3 rings (SSSR count). The molecule has 1 atom stereocenters. The number of hydrogen-bond donors (Lipinski definition) is 0. The Hall–Kier alpha value is -1.48. The van der Waals surface area contributed by atoms with Gasteiger partial charge in [-0.25, -0.2) is 8.42 Å². The predicted octanol–water partition coefficient (Wildman–Crippen LogP) is 1.28. The fraction of sp³-hybridized carbons (Fsp3) is 0.333. The number of hydrogen-bond acceptors (Lipinski definition) is 6. The number of aromatic nitrogens is 3. The van der Waals surface area contributed by atoms with E-state index >= 15 is 0 Å². The first kappa shape index (κ1) is 14.5. The minimum atomic E-state index is -4.03. The SMILES string of the molecule is O=S(=O)(Cl)c1nnc(C2COCCO2)n1-c1ccccc1. The molecule has 2 heterocycles. The second kappa shape index (κ2) is 5.72. The van der Waals surface area contributed by atoms with Crippen molar-refractivity contribution in [3.05, 3.63) is 36.2 Å². The van der Waals surface area contributed by atoms with E-state index in [0.717, 1.165) is 0 Å². The van der Waals surface area contributed by atoms with E-state index in [0.29, 0.717) is 24.7 Å². The summed E-state index contributed by atoms with van der Waals surface area (Å²) in [6, 6.07) is 8.86. The van der Waals surface area contributed by atoms with Crippen LogP contribution in [0.25, 0.3) is 5.69 Å². The highest BCUT2D eigenvalue weighted by atomic mass is 35.7. The Labute approximate surface area is 125 Å². The molecule has 2 aromatic rings. The molecule has 1 aromatic carbocycles. The molecule has 9 heteroatoms. The quantitative estimate of drug-likeness (QED) is 0.789. The van der Waals surface area contributed by atoms with Gasteiger partial charge in [0, 0.05) is 16.4 Å². The van der Waals surface area contributed by atoms with Crippen molar-refractivity contribution in [3.63, 3.8) is 0 Å². The standard InChI is InChI=1S/C12H12ClN3O4S/c13-21(17,18)12-15-14-11(10-8-19-6-7-20-10)16(12)9-4-2-1-3-5-9/h1-5,10H,6-8H2. The van der Waals surface area contributed by atoms with Gasteiger partial charge in [-0.3, -0.25) is 4.57 Å². The Morgan fingerprint density at radius 2 is 1.95 bits per heavy atom. The van der Waals surface area contributed by atoms with E-state index in [1.807, 2.05) is 6.07 Å². The maximum Gasteiger partial charge on any atom is 0.297 e. The number of halogens is 1. The predicted molar refractivity (Wildman–Crippen MR) is 73.9 cm³/mol. The van der Waals surface area contributed by atoms with Gasteiger partial charge in [0.2, 0.25) is 0 Å². The first-order valence-electron chi connectivity index (χ1n) is 6.22. The van der Waals surface area contributed by atoms with E-state index in [1.165, 1.54) is 4.57 Å². The second-order valence-corrected chi connectivity index (χ2v) is 6.84. The van der Waals surface area contributed by atoms with Crippen LogP contribution in [0.4, 0.5) is 0 Å². The molecule has 112 valence electrons. The average molecular weight is 330 g/mol. The van der Waals surface area contributed by atoms with E-state index in [9.17, 15) is 8.42 Å². The van der Waals surface area contributed by atoms with Crippen LogP contribution in [0, 0.1) is 0 Å². The van der Waals surface area contributed by atoms with E-state index in [4.69, 9.17) is 20.2 Å². The first-order valence-corrected chi connectivity index (χ1v) is 8.53. The van der Waals surface area contributed by atoms with Gasteiger partial charge in [-0.1, -0.05) is 18.2 Å². The summed E-state index contributed by atoms with van der Waals surface area (Å²) in [5.41, 5.74) is 0.589. The Balaban J connectivity index is 2.15. The number of nitrogens with zero attached hydrogens (tertiary/aromatic N) is 3. The molecule has 0 amide bonds. The van der Waals surface area contributed by atoms with Gasteiger partial charge in [-0.15, -0.1) is 10.2 Å². The lowest BCUT2D eigenvalue weighted by molar-refractivity contribution is -0.0942. The van der Waals surface area contributed by atoms with Crippen LogP contribution in [0.15, 0.2) is 35.5 Å². The molecule has 1 unspecified atom stereocenters. The molecule has 7 nitrogen and oxygen atoms in total. The zero-order valence-corrected chi connectivity index (χ0v) is 12.4. The van der Waals surface area contributed by atoms with Crippen molar-refractivity contribution in [1.82, 2.24) is 14.8 Å². The molecule has 0 aliphatic carbocycles. The molecule has 0 radical (unpaired) electrons. The van der Waals surface area contributed by atoms with Crippen molar-refractivity contribution in [2.24, 2.45) is 0 Å². The molecule has 1 fully saturated rings. The van der Waals surface area contributed by atoms with Crippen LogP contribution in [0.2, 0.25) is 0 Å². The van der Waals surface area contributed by atoms with Crippen molar-refractivity contribution < 1.29 is 17.9 Å². The van der Waals surface area contributed by atoms with Crippen LogP contribution < -0.4 is 0 Å². The smallest absolute Gasteiger partial charge is 0.297 e. The fourth-order valence-corrected chi connectivity index (χ4v) is 2.96.